The zero-order valence-electron chi connectivity index (χ0n) is 13.6. The van der Waals surface area contributed by atoms with Gasteiger partial charge < -0.3 is 5.32 Å². The molecule has 7 nitrogen and oxygen atoms in total. The number of nitriles is 1. The highest BCUT2D eigenvalue weighted by atomic mass is 35.5. The van der Waals surface area contributed by atoms with Crippen molar-refractivity contribution in [1.29, 1.82) is 5.26 Å². The monoisotopic (exact) mass is 387 g/mol. The fraction of sp³-hybridized carbons (Fsp3) is 0.235. The number of hydrogen-bond donors (Lipinski definition) is 1. The van der Waals surface area contributed by atoms with Crippen molar-refractivity contribution in [3.05, 3.63) is 52.9 Å². The molecule has 0 radical (unpaired) electrons. The first kappa shape index (κ1) is 16.8. The van der Waals surface area contributed by atoms with E-state index in [1.807, 2.05) is 12.1 Å². The number of fused-ring (bicyclic) bond motifs is 1. The van der Waals surface area contributed by atoms with E-state index in [1.165, 1.54) is 6.20 Å². The Kier molecular flexibility index (Phi) is 4.05. The smallest absolute Gasteiger partial charge is 0.244 e. The molecule has 1 saturated carbocycles. The van der Waals surface area contributed by atoms with Gasteiger partial charge in [0.2, 0.25) is 15.3 Å². The molecule has 1 aromatic carbocycles. The van der Waals surface area contributed by atoms with Crippen LogP contribution in [0.1, 0.15) is 24.0 Å². The molecule has 1 N–H and O–H groups in total. The molecular weight excluding hydrogens is 374 g/mol. The van der Waals surface area contributed by atoms with Gasteiger partial charge in [-0.2, -0.15) is 15.2 Å². The molecule has 1 fully saturated rings. The van der Waals surface area contributed by atoms with Crippen molar-refractivity contribution in [2.75, 3.05) is 5.32 Å². The number of hydrogen-bond acceptors (Lipinski definition) is 6. The average Bonchev–Trinajstić information content (AvgIpc) is 3.32. The van der Waals surface area contributed by atoms with Crippen LogP contribution in [0, 0.1) is 11.3 Å². The van der Waals surface area contributed by atoms with Gasteiger partial charge in [-0.15, -0.1) is 0 Å². The van der Waals surface area contributed by atoms with E-state index in [-0.39, 0.29) is 28.3 Å². The summed E-state index contributed by atoms with van der Waals surface area (Å²) in [6.07, 6.45) is 3.28. The summed E-state index contributed by atoms with van der Waals surface area (Å²) in [5, 5.41) is 13.0. The van der Waals surface area contributed by atoms with Gasteiger partial charge in [-0.1, -0.05) is 30.3 Å². The lowest BCUT2D eigenvalue weighted by Crippen LogP contribution is -2.15. The van der Waals surface area contributed by atoms with Gasteiger partial charge in [0.05, 0.1) is 16.7 Å². The van der Waals surface area contributed by atoms with Gasteiger partial charge >= 0.3 is 0 Å². The summed E-state index contributed by atoms with van der Waals surface area (Å²) in [4.78, 5) is 8.24. The van der Waals surface area contributed by atoms with E-state index in [0.29, 0.717) is 16.8 Å². The van der Waals surface area contributed by atoms with Crippen LogP contribution in [0.15, 0.2) is 36.5 Å². The number of nitrogens with one attached hydrogen (secondary N) is 1. The van der Waals surface area contributed by atoms with Gasteiger partial charge in [0.25, 0.3) is 0 Å². The van der Waals surface area contributed by atoms with E-state index < -0.39 is 10.0 Å². The molecule has 2 heterocycles. The van der Waals surface area contributed by atoms with E-state index >= 15 is 0 Å². The minimum absolute atomic E-state index is 0.0700. The SMILES string of the molecule is N#Cc1cn(S(=O)(=O)Cc2ccccc2)c2nc(Cl)nc(NC3CC3)c12. The van der Waals surface area contributed by atoms with Crippen molar-refractivity contribution in [2.45, 2.75) is 24.6 Å². The first-order valence-corrected chi connectivity index (χ1v) is 9.99. The van der Waals surface area contributed by atoms with Gasteiger partial charge in [0.1, 0.15) is 11.9 Å². The van der Waals surface area contributed by atoms with Crippen molar-refractivity contribution >= 4 is 38.5 Å². The Labute approximate surface area is 155 Å². The number of halogens is 1. The molecule has 2 aromatic heterocycles. The first-order chi connectivity index (χ1) is 12.5. The van der Waals surface area contributed by atoms with Crippen LogP contribution in [0.5, 0.6) is 0 Å². The Hall–Kier alpha value is -2.63. The lowest BCUT2D eigenvalue weighted by atomic mass is 10.2. The van der Waals surface area contributed by atoms with Gasteiger partial charge in [-0.3, -0.25) is 0 Å². The van der Waals surface area contributed by atoms with Crippen LogP contribution in [0.2, 0.25) is 5.28 Å². The fourth-order valence-electron chi connectivity index (χ4n) is 2.75. The highest BCUT2D eigenvalue weighted by Crippen LogP contribution is 2.32. The van der Waals surface area contributed by atoms with Crippen molar-refractivity contribution in [3.8, 4) is 6.07 Å². The third-order valence-electron chi connectivity index (χ3n) is 4.12. The van der Waals surface area contributed by atoms with Crippen LogP contribution >= 0.6 is 11.6 Å². The second-order valence-electron chi connectivity index (χ2n) is 6.15. The minimum Gasteiger partial charge on any atom is -0.367 e. The van der Waals surface area contributed by atoms with Gasteiger partial charge in [0.15, 0.2) is 5.65 Å². The largest absolute Gasteiger partial charge is 0.367 e. The second kappa shape index (κ2) is 6.27. The molecule has 0 saturated heterocycles. The normalized spacial score (nSPS) is 14.3. The summed E-state index contributed by atoms with van der Waals surface area (Å²) >= 11 is 6.01. The summed E-state index contributed by atoms with van der Waals surface area (Å²) in [6, 6.07) is 11.1. The summed E-state index contributed by atoms with van der Waals surface area (Å²) in [7, 11) is -3.79. The van der Waals surface area contributed by atoms with E-state index in [4.69, 9.17) is 11.6 Å². The van der Waals surface area contributed by atoms with Crippen LogP contribution in [0.25, 0.3) is 11.0 Å². The number of aromatic nitrogens is 3. The lowest BCUT2D eigenvalue weighted by molar-refractivity contribution is 0.588. The predicted octanol–water partition coefficient (Wildman–Crippen LogP) is 2.91. The molecule has 0 atom stereocenters. The third kappa shape index (κ3) is 3.11. The molecule has 132 valence electrons. The lowest BCUT2D eigenvalue weighted by Gasteiger charge is -2.09. The maximum Gasteiger partial charge on any atom is 0.244 e. The molecule has 9 heteroatoms. The number of rotatable bonds is 5. The van der Waals surface area contributed by atoms with Crippen LogP contribution in [0.3, 0.4) is 0 Å². The summed E-state index contributed by atoms with van der Waals surface area (Å²) in [6.45, 7) is 0. The molecule has 0 spiro atoms. The zero-order valence-corrected chi connectivity index (χ0v) is 15.1. The van der Waals surface area contributed by atoms with Crippen LogP contribution < -0.4 is 5.32 Å². The maximum absolute atomic E-state index is 12.9. The van der Waals surface area contributed by atoms with Crippen LogP contribution in [-0.2, 0) is 15.8 Å². The van der Waals surface area contributed by atoms with E-state index in [0.717, 1.165) is 16.8 Å². The molecule has 1 aliphatic rings. The molecule has 0 bridgehead atoms. The second-order valence-corrected chi connectivity index (χ2v) is 8.33. The Morgan fingerprint density at radius 3 is 2.65 bits per heavy atom. The fourth-order valence-corrected chi connectivity index (χ4v) is 4.33. The summed E-state index contributed by atoms with van der Waals surface area (Å²) in [5.41, 5.74) is 0.946. The van der Waals surface area contributed by atoms with E-state index in [2.05, 4.69) is 15.3 Å². The van der Waals surface area contributed by atoms with E-state index in [1.54, 1.807) is 24.3 Å². The number of anilines is 1. The third-order valence-corrected chi connectivity index (χ3v) is 5.86. The molecule has 0 unspecified atom stereocenters. The first-order valence-electron chi connectivity index (χ1n) is 8.00. The molecular formula is C17H14ClN5O2S. The van der Waals surface area contributed by atoms with Gasteiger partial charge in [-0.05, 0) is 30.0 Å². The van der Waals surface area contributed by atoms with E-state index in [9.17, 15) is 13.7 Å². The molecule has 0 aliphatic heterocycles. The number of nitrogens with zero attached hydrogens (tertiary/aromatic N) is 4. The predicted molar refractivity (Wildman–Crippen MR) is 98.4 cm³/mol. The highest BCUT2D eigenvalue weighted by molar-refractivity contribution is 7.89. The molecule has 1 aliphatic carbocycles. The minimum atomic E-state index is -3.79. The van der Waals surface area contributed by atoms with Gasteiger partial charge in [-0.25, -0.2) is 12.4 Å². The van der Waals surface area contributed by atoms with Crippen LogP contribution in [-0.4, -0.2) is 28.4 Å². The Balaban J connectivity index is 1.87. The Bertz CT molecular complexity index is 1130. The Morgan fingerprint density at radius 2 is 2.00 bits per heavy atom. The molecule has 26 heavy (non-hydrogen) atoms. The maximum atomic E-state index is 12.9. The zero-order chi connectivity index (χ0) is 18.3. The summed E-state index contributed by atoms with van der Waals surface area (Å²) < 4.78 is 26.9. The van der Waals surface area contributed by atoms with Crippen molar-refractivity contribution in [2.24, 2.45) is 0 Å². The topological polar surface area (TPSA) is 101 Å². The molecule has 0 amide bonds. The van der Waals surface area contributed by atoms with Crippen molar-refractivity contribution in [1.82, 2.24) is 13.9 Å². The van der Waals surface area contributed by atoms with Crippen LogP contribution in [0.4, 0.5) is 5.82 Å². The number of benzene rings is 1. The highest BCUT2D eigenvalue weighted by Gasteiger charge is 2.27. The quantitative estimate of drug-likeness (QED) is 0.675. The molecule has 4 rings (SSSR count). The standard InChI is InChI=1S/C17H14ClN5O2S/c18-17-21-15(20-13-6-7-13)14-12(8-19)9-23(16(14)22-17)26(24,25)10-11-4-2-1-3-5-11/h1-5,9,13H,6-7,10H2,(H,20,21,22). The van der Waals surface area contributed by atoms with Gasteiger partial charge in [0, 0.05) is 12.2 Å². The summed E-state index contributed by atoms with van der Waals surface area (Å²) in [5.74, 6) is 0.183. The average molecular weight is 388 g/mol. The Morgan fingerprint density at radius 1 is 1.27 bits per heavy atom. The van der Waals surface area contributed by atoms with Crippen molar-refractivity contribution < 1.29 is 8.42 Å². The molecule has 3 aromatic rings. The van der Waals surface area contributed by atoms with Crippen molar-refractivity contribution in [3.63, 3.8) is 0 Å².